The van der Waals surface area contributed by atoms with Gasteiger partial charge in [-0.2, -0.15) is 0 Å². The Balaban J connectivity index is 2.56. The van der Waals surface area contributed by atoms with Crippen LogP contribution in [-0.2, 0) is 0 Å². The smallest absolute Gasteiger partial charge is 0.0783 e. The first-order valence-corrected chi connectivity index (χ1v) is 6.34. The van der Waals surface area contributed by atoms with Crippen LogP contribution in [0.15, 0.2) is 30.5 Å². The van der Waals surface area contributed by atoms with Crippen LogP contribution in [0.4, 0.5) is 0 Å². The van der Waals surface area contributed by atoms with Crippen LogP contribution in [0.2, 0.25) is 0 Å². The zero-order valence-corrected chi connectivity index (χ0v) is 11.3. The summed E-state index contributed by atoms with van der Waals surface area (Å²) in [4.78, 5) is 4.64. The summed E-state index contributed by atoms with van der Waals surface area (Å²) in [6.45, 7) is 8.63. The highest BCUT2D eigenvalue weighted by atomic mass is 14.7. The van der Waals surface area contributed by atoms with Crippen LogP contribution in [0.3, 0.4) is 0 Å². The predicted octanol–water partition coefficient (Wildman–Crippen LogP) is 4.62. The molecule has 0 spiro atoms. The van der Waals surface area contributed by atoms with Crippen molar-refractivity contribution < 1.29 is 0 Å². The van der Waals surface area contributed by atoms with Crippen molar-refractivity contribution in [1.29, 1.82) is 0 Å². The number of nitrogens with zero attached hydrogens (tertiary/aromatic N) is 1. The molecule has 3 rings (SSSR count). The molecule has 0 saturated carbocycles. The first kappa shape index (κ1) is 11.2. The van der Waals surface area contributed by atoms with E-state index in [0.717, 1.165) is 5.52 Å². The highest BCUT2D eigenvalue weighted by molar-refractivity contribution is 6.07. The third-order valence-electron chi connectivity index (χ3n) is 4.10. The molecule has 0 atom stereocenters. The van der Waals surface area contributed by atoms with Crippen LogP contribution >= 0.6 is 0 Å². The van der Waals surface area contributed by atoms with Crippen LogP contribution in [0, 0.1) is 27.7 Å². The normalized spacial score (nSPS) is 11.3. The maximum atomic E-state index is 4.64. The number of aromatic nitrogens is 1. The fraction of sp³-hybridized carbons (Fsp3) is 0.235. The van der Waals surface area contributed by atoms with Gasteiger partial charge >= 0.3 is 0 Å². The summed E-state index contributed by atoms with van der Waals surface area (Å²) in [6.07, 6.45) is 1.98. The minimum absolute atomic E-state index is 1.12. The molecule has 2 aromatic carbocycles. The van der Waals surface area contributed by atoms with Gasteiger partial charge in [-0.1, -0.05) is 24.3 Å². The fourth-order valence-corrected chi connectivity index (χ4v) is 2.56. The average molecular weight is 235 g/mol. The number of hydrogen-bond donors (Lipinski definition) is 0. The van der Waals surface area contributed by atoms with Gasteiger partial charge in [0.2, 0.25) is 0 Å². The summed E-state index contributed by atoms with van der Waals surface area (Å²) < 4.78 is 0. The highest BCUT2D eigenvalue weighted by Gasteiger charge is 2.08. The Morgan fingerprint density at radius 3 is 2.06 bits per heavy atom. The zero-order chi connectivity index (χ0) is 12.9. The molecule has 90 valence electrons. The van der Waals surface area contributed by atoms with Gasteiger partial charge in [-0.15, -0.1) is 0 Å². The summed E-state index contributed by atoms with van der Waals surface area (Å²) in [5.41, 5.74) is 6.41. The van der Waals surface area contributed by atoms with Gasteiger partial charge in [-0.25, -0.2) is 0 Å². The molecule has 18 heavy (non-hydrogen) atoms. The van der Waals surface area contributed by atoms with Crippen molar-refractivity contribution in [2.24, 2.45) is 0 Å². The molecule has 1 heteroatoms. The van der Waals surface area contributed by atoms with Gasteiger partial charge < -0.3 is 0 Å². The van der Waals surface area contributed by atoms with Crippen molar-refractivity contribution >= 4 is 21.7 Å². The number of benzene rings is 2. The Labute approximate surface area is 107 Å². The molecule has 1 nitrogen and oxygen atoms in total. The largest absolute Gasteiger partial charge is 0.255 e. The number of rotatable bonds is 0. The second-order valence-corrected chi connectivity index (χ2v) is 5.13. The van der Waals surface area contributed by atoms with Crippen LogP contribution in [-0.4, -0.2) is 4.98 Å². The lowest BCUT2D eigenvalue weighted by Crippen LogP contribution is -1.91. The van der Waals surface area contributed by atoms with E-state index < -0.39 is 0 Å². The molecular formula is C17H17N. The molecule has 0 saturated heterocycles. The van der Waals surface area contributed by atoms with Gasteiger partial charge in [0.15, 0.2) is 0 Å². The summed E-state index contributed by atoms with van der Waals surface area (Å²) >= 11 is 0. The predicted molar refractivity (Wildman–Crippen MR) is 78.2 cm³/mol. The van der Waals surface area contributed by atoms with Gasteiger partial charge in [0.25, 0.3) is 0 Å². The van der Waals surface area contributed by atoms with Crippen LogP contribution in [0.1, 0.15) is 22.3 Å². The van der Waals surface area contributed by atoms with E-state index in [2.05, 4.69) is 56.9 Å². The Morgan fingerprint density at radius 1 is 0.667 bits per heavy atom. The van der Waals surface area contributed by atoms with Crippen LogP contribution in [0.25, 0.3) is 21.7 Å². The minimum Gasteiger partial charge on any atom is -0.255 e. The lowest BCUT2D eigenvalue weighted by molar-refractivity contribution is 1.28. The van der Waals surface area contributed by atoms with E-state index >= 15 is 0 Å². The van der Waals surface area contributed by atoms with Gasteiger partial charge in [0.1, 0.15) is 0 Å². The third-order valence-corrected chi connectivity index (χ3v) is 4.10. The third kappa shape index (κ3) is 1.43. The van der Waals surface area contributed by atoms with Crippen molar-refractivity contribution in [2.75, 3.05) is 0 Å². The number of hydrogen-bond acceptors (Lipinski definition) is 1. The number of aryl methyl sites for hydroxylation is 4. The van der Waals surface area contributed by atoms with Crippen molar-refractivity contribution in [3.05, 3.63) is 52.7 Å². The molecule has 0 aliphatic carbocycles. The zero-order valence-electron chi connectivity index (χ0n) is 11.3. The molecule has 1 aromatic heterocycles. The topological polar surface area (TPSA) is 12.9 Å². The standard InChI is InChI=1S/C17H17N/c1-10-5-6-16-14(12(10)3)7-8-15-13(4)11(2)9-18-17(15)16/h5-9H,1-4H3. The van der Waals surface area contributed by atoms with Gasteiger partial charge in [-0.05, 0) is 55.3 Å². The Hall–Kier alpha value is -1.89. The van der Waals surface area contributed by atoms with Crippen molar-refractivity contribution in [1.82, 2.24) is 4.98 Å². The van der Waals surface area contributed by atoms with Crippen molar-refractivity contribution in [2.45, 2.75) is 27.7 Å². The molecule has 0 fully saturated rings. The monoisotopic (exact) mass is 235 g/mol. The van der Waals surface area contributed by atoms with Gasteiger partial charge in [-0.3, -0.25) is 4.98 Å². The molecule has 0 unspecified atom stereocenters. The molecule has 1 heterocycles. The Kier molecular flexibility index (Phi) is 2.37. The fourth-order valence-electron chi connectivity index (χ4n) is 2.56. The lowest BCUT2D eigenvalue weighted by Gasteiger charge is -2.10. The van der Waals surface area contributed by atoms with E-state index in [1.54, 1.807) is 0 Å². The molecule has 0 amide bonds. The molecule has 0 aliphatic heterocycles. The minimum atomic E-state index is 1.12. The first-order valence-electron chi connectivity index (χ1n) is 6.34. The van der Waals surface area contributed by atoms with Crippen LogP contribution < -0.4 is 0 Å². The molecule has 0 aliphatic rings. The van der Waals surface area contributed by atoms with Gasteiger partial charge in [0.05, 0.1) is 5.52 Å². The number of pyridine rings is 1. The summed E-state index contributed by atoms with van der Waals surface area (Å²) in [6, 6.07) is 8.82. The lowest BCUT2D eigenvalue weighted by atomic mass is 9.96. The van der Waals surface area contributed by atoms with E-state index in [1.807, 2.05) is 6.20 Å². The van der Waals surface area contributed by atoms with E-state index in [-0.39, 0.29) is 0 Å². The molecule has 0 radical (unpaired) electrons. The van der Waals surface area contributed by atoms with Gasteiger partial charge in [0, 0.05) is 17.0 Å². The summed E-state index contributed by atoms with van der Waals surface area (Å²) in [5, 5.41) is 3.85. The van der Waals surface area contributed by atoms with E-state index in [4.69, 9.17) is 0 Å². The summed E-state index contributed by atoms with van der Waals surface area (Å²) in [5.74, 6) is 0. The molecule has 0 bridgehead atoms. The maximum Gasteiger partial charge on any atom is 0.0783 e. The SMILES string of the molecule is Cc1ccc2c(ccc3c(C)c(C)cnc32)c1C. The highest BCUT2D eigenvalue weighted by Crippen LogP contribution is 2.30. The second kappa shape index (κ2) is 3.81. The molecule has 0 N–H and O–H groups in total. The van der Waals surface area contributed by atoms with Crippen molar-refractivity contribution in [3.63, 3.8) is 0 Å². The molecular weight excluding hydrogens is 218 g/mol. The first-order chi connectivity index (χ1) is 8.59. The average Bonchev–Trinajstić information content (AvgIpc) is 2.38. The van der Waals surface area contributed by atoms with E-state index in [1.165, 1.54) is 38.4 Å². The second-order valence-electron chi connectivity index (χ2n) is 5.13. The maximum absolute atomic E-state index is 4.64. The van der Waals surface area contributed by atoms with E-state index in [9.17, 15) is 0 Å². The Morgan fingerprint density at radius 2 is 1.28 bits per heavy atom. The van der Waals surface area contributed by atoms with E-state index in [0.29, 0.717) is 0 Å². The van der Waals surface area contributed by atoms with Crippen LogP contribution in [0.5, 0.6) is 0 Å². The van der Waals surface area contributed by atoms with Crippen molar-refractivity contribution in [3.8, 4) is 0 Å². The number of fused-ring (bicyclic) bond motifs is 3. The summed E-state index contributed by atoms with van der Waals surface area (Å²) in [7, 11) is 0. The quantitative estimate of drug-likeness (QED) is 0.518. The molecule has 3 aromatic rings. The Bertz CT molecular complexity index is 703.